The molecule has 0 bridgehead atoms. The summed E-state index contributed by atoms with van der Waals surface area (Å²) in [6.45, 7) is 2.88. The van der Waals surface area contributed by atoms with Gasteiger partial charge in [0.1, 0.15) is 10.4 Å². The van der Waals surface area contributed by atoms with Crippen molar-refractivity contribution in [3.8, 4) is 0 Å². The van der Waals surface area contributed by atoms with Gasteiger partial charge in [-0.25, -0.2) is 9.97 Å². The number of aryl methyl sites for hydroxylation is 1. The van der Waals surface area contributed by atoms with Crippen molar-refractivity contribution in [3.05, 3.63) is 46.7 Å². The van der Waals surface area contributed by atoms with Crippen LogP contribution in [0.2, 0.25) is 0 Å². The highest BCUT2D eigenvalue weighted by molar-refractivity contribution is 9.10. The molecule has 15 heavy (non-hydrogen) atoms. The molecule has 0 atom stereocenters. The minimum atomic E-state index is 0.780. The summed E-state index contributed by atoms with van der Waals surface area (Å²) in [5, 5.41) is 0. The Balaban J connectivity index is 2.22. The lowest BCUT2D eigenvalue weighted by molar-refractivity contribution is 0.715. The molecule has 2 aromatic rings. The minimum absolute atomic E-state index is 0.780. The van der Waals surface area contributed by atoms with Crippen molar-refractivity contribution in [1.82, 2.24) is 14.5 Å². The van der Waals surface area contributed by atoms with Crippen molar-refractivity contribution in [3.63, 3.8) is 0 Å². The third-order valence-electron chi connectivity index (χ3n) is 2.22. The van der Waals surface area contributed by atoms with Crippen LogP contribution >= 0.6 is 15.9 Å². The van der Waals surface area contributed by atoms with Gasteiger partial charge in [0, 0.05) is 18.8 Å². The first-order valence-electron chi connectivity index (χ1n) is 4.91. The molecule has 0 saturated carbocycles. The predicted molar refractivity (Wildman–Crippen MR) is 62.6 cm³/mol. The zero-order chi connectivity index (χ0) is 10.7. The average molecular weight is 266 g/mol. The lowest BCUT2D eigenvalue weighted by atomic mass is 10.3. The second-order valence-electron chi connectivity index (χ2n) is 3.28. The van der Waals surface area contributed by atoms with Gasteiger partial charge in [-0.1, -0.05) is 13.0 Å². The summed E-state index contributed by atoms with van der Waals surface area (Å²) in [4.78, 5) is 8.67. The maximum atomic E-state index is 4.39. The van der Waals surface area contributed by atoms with Crippen molar-refractivity contribution in [1.29, 1.82) is 0 Å². The van der Waals surface area contributed by atoms with Gasteiger partial charge in [-0.15, -0.1) is 0 Å². The van der Waals surface area contributed by atoms with Gasteiger partial charge in [0.25, 0.3) is 0 Å². The van der Waals surface area contributed by atoms with Gasteiger partial charge in [0.2, 0.25) is 0 Å². The van der Waals surface area contributed by atoms with Crippen LogP contribution < -0.4 is 0 Å². The van der Waals surface area contributed by atoms with Crippen molar-refractivity contribution < 1.29 is 0 Å². The Bertz CT molecular complexity index is 451. The second kappa shape index (κ2) is 4.57. The van der Waals surface area contributed by atoms with Gasteiger partial charge >= 0.3 is 0 Å². The van der Waals surface area contributed by atoms with E-state index in [-0.39, 0.29) is 0 Å². The molecule has 0 aliphatic rings. The molecule has 0 amide bonds. The Kier molecular flexibility index (Phi) is 3.16. The number of hydrogen-bond donors (Lipinski definition) is 0. The van der Waals surface area contributed by atoms with E-state index in [1.54, 1.807) is 0 Å². The average Bonchev–Trinajstić information content (AvgIpc) is 2.65. The lowest BCUT2D eigenvalue weighted by Crippen LogP contribution is -2.04. The summed E-state index contributed by atoms with van der Waals surface area (Å²) in [6.07, 6.45) is 4.76. The fourth-order valence-corrected chi connectivity index (χ4v) is 1.89. The molecule has 0 aliphatic heterocycles. The van der Waals surface area contributed by atoms with E-state index >= 15 is 0 Å². The van der Waals surface area contributed by atoms with Crippen molar-refractivity contribution >= 4 is 15.9 Å². The lowest BCUT2D eigenvalue weighted by Gasteiger charge is -2.05. The SMILES string of the molecule is CCc1nccn1Cc1cccc(Br)n1. The maximum Gasteiger partial charge on any atom is 0.108 e. The third kappa shape index (κ3) is 2.45. The van der Waals surface area contributed by atoms with Crippen LogP contribution in [-0.4, -0.2) is 14.5 Å². The number of nitrogens with zero attached hydrogens (tertiary/aromatic N) is 3. The molecule has 4 heteroatoms. The van der Waals surface area contributed by atoms with E-state index in [9.17, 15) is 0 Å². The first-order chi connectivity index (χ1) is 7.29. The van der Waals surface area contributed by atoms with Crippen LogP contribution in [0.15, 0.2) is 35.2 Å². The van der Waals surface area contributed by atoms with Gasteiger partial charge in [-0.3, -0.25) is 0 Å². The van der Waals surface area contributed by atoms with Gasteiger partial charge in [-0.05, 0) is 28.1 Å². The Hall–Kier alpha value is -1.16. The molecule has 0 spiro atoms. The molecular formula is C11H12BrN3. The van der Waals surface area contributed by atoms with Gasteiger partial charge < -0.3 is 4.57 Å². The van der Waals surface area contributed by atoms with E-state index in [1.807, 2.05) is 30.6 Å². The molecule has 3 nitrogen and oxygen atoms in total. The first-order valence-corrected chi connectivity index (χ1v) is 5.70. The topological polar surface area (TPSA) is 30.7 Å². The number of hydrogen-bond acceptors (Lipinski definition) is 2. The van der Waals surface area contributed by atoms with Crippen molar-refractivity contribution in [2.45, 2.75) is 19.9 Å². The van der Waals surface area contributed by atoms with Crippen LogP contribution in [0, 0.1) is 0 Å². The van der Waals surface area contributed by atoms with Crippen molar-refractivity contribution in [2.24, 2.45) is 0 Å². The summed E-state index contributed by atoms with van der Waals surface area (Å²) < 4.78 is 2.99. The van der Waals surface area contributed by atoms with E-state index in [2.05, 4.69) is 37.4 Å². The van der Waals surface area contributed by atoms with Crippen LogP contribution in [0.5, 0.6) is 0 Å². The monoisotopic (exact) mass is 265 g/mol. The fourth-order valence-electron chi connectivity index (χ4n) is 1.51. The number of rotatable bonds is 3. The first kappa shape index (κ1) is 10.4. The van der Waals surface area contributed by atoms with E-state index in [1.165, 1.54) is 0 Å². The largest absolute Gasteiger partial charge is 0.329 e. The molecule has 78 valence electrons. The highest BCUT2D eigenvalue weighted by Crippen LogP contribution is 2.09. The Labute approximate surface area is 97.3 Å². The number of imidazole rings is 1. The summed E-state index contributed by atoms with van der Waals surface area (Å²) in [5.74, 6) is 1.09. The smallest absolute Gasteiger partial charge is 0.108 e. The van der Waals surface area contributed by atoms with E-state index in [4.69, 9.17) is 0 Å². The standard InChI is InChI=1S/C11H12BrN3/c1-2-11-13-6-7-15(11)8-9-4-3-5-10(12)14-9/h3-7H,2,8H2,1H3. The summed E-state index contributed by atoms with van der Waals surface area (Å²) >= 11 is 3.37. The van der Waals surface area contributed by atoms with Crippen LogP contribution in [0.3, 0.4) is 0 Å². The summed E-state index contributed by atoms with van der Waals surface area (Å²) in [6, 6.07) is 5.94. The second-order valence-corrected chi connectivity index (χ2v) is 4.09. The Morgan fingerprint density at radius 3 is 3.00 bits per heavy atom. The molecule has 2 rings (SSSR count). The molecular weight excluding hydrogens is 254 g/mol. The third-order valence-corrected chi connectivity index (χ3v) is 2.66. The van der Waals surface area contributed by atoms with Gasteiger partial charge in [0.15, 0.2) is 0 Å². The predicted octanol–water partition coefficient (Wildman–Crippen LogP) is 2.65. The molecule has 0 radical (unpaired) electrons. The normalized spacial score (nSPS) is 10.5. The van der Waals surface area contributed by atoms with Gasteiger partial charge in [0.05, 0.1) is 12.2 Å². The number of aromatic nitrogens is 3. The molecule has 0 unspecified atom stereocenters. The van der Waals surface area contributed by atoms with E-state index < -0.39 is 0 Å². The number of halogens is 1. The Morgan fingerprint density at radius 1 is 1.40 bits per heavy atom. The highest BCUT2D eigenvalue weighted by Gasteiger charge is 2.02. The molecule has 0 fully saturated rings. The molecule has 0 aromatic carbocycles. The molecule has 2 aromatic heterocycles. The summed E-state index contributed by atoms with van der Waals surface area (Å²) in [7, 11) is 0. The van der Waals surface area contributed by atoms with Crippen LogP contribution in [0.25, 0.3) is 0 Å². The Morgan fingerprint density at radius 2 is 2.27 bits per heavy atom. The van der Waals surface area contributed by atoms with Crippen LogP contribution in [0.4, 0.5) is 0 Å². The molecule has 0 N–H and O–H groups in total. The zero-order valence-corrected chi connectivity index (χ0v) is 10.1. The van der Waals surface area contributed by atoms with Crippen LogP contribution in [0.1, 0.15) is 18.4 Å². The molecule has 0 saturated heterocycles. The minimum Gasteiger partial charge on any atom is -0.329 e. The molecule has 2 heterocycles. The highest BCUT2D eigenvalue weighted by atomic mass is 79.9. The quantitative estimate of drug-likeness (QED) is 0.799. The maximum absolute atomic E-state index is 4.39. The van der Waals surface area contributed by atoms with Crippen LogP contribution in [-0.2, 0) is 13.0 Å². The van der Waals surface area contributed by atoms with Crippen molar-refractivity contribution in [2.75, 3.05) is 0 Å². The zero-order valence-electron chi connectivity index (χ0n) is 8.52. The van der Waals surface area contributed by atoms with E-state index in [0.717, 1.165) is 29.1 Å². The summed E-state index contributed by atoms with van der Waals surface area (Å²) in [5.41, 5.74) is 1.04. The fraction of sp³-hybridized carbons (Fsp3) is 0.273. The molecule has 0 aliphatic carbocycles. The number of pyridine rings is 1. The van der Waals surface area contributed by atoms with Gasteiger partial charge in [-0.2, -0.15) is 0 Å². The van der Waals surface area contributed by atoms with E-state index in [0.29, 0.717) is 0 Å².